The van der Waals surface area contributed by atoms with Gasteiger partial charge in [0.05, 0.1) is 11.3 Å². The highest BCUT2D eigenvalue weighted by Crippen LogP contribution is 2.29. The summed E-state index contributed by atoms with van der Waals surface area (Å²) in [5.74, 6) is -1.14. The van der Waals surface area contributed by atoms with Gasteiger partial charge in [0.1, 0.15) is 4.21 Å². The van der Waals surface area contributed by atoms with E-state index in [-0.39, 0.29) is 9.77 Å². The number of anilines is 1. The van der Waals surface area contributed by atoms with E-state index in [1.807, 2.05) is 26.0 Å². The van der Waals surface area contributed by atoms with Crippen LogP contribution in [-0.2, 0) is 10.0 Å². The van der Waals surface area contributed by atoms with Crippen molar-refractivity contribution in [3.63, 3.8) is 0 Å². The minimum Gasteiger partial charge on any atom is -0.478 e. The molecule has 0 aliphatic rings. The van der Waals surface area contributed by atoms with Gasteiger partial charge in [0, 0.05) is 12.4 Å². The lowest BCUT2D eigenvalue weighted by Crippen LogP contribution is -2.26. The van der Waals surface area contributed by atoms with Crippen molar-refractivity contribution < 1.29 is 18.3 Å². The number of carbonyl (C=O) groups is 1. The lowest BCUT2D eigenvalue weighted by Gasteiger charge is -2.21. The average Bonchev–Trinajstić information content (AvgIpc) is 2.91. The molecule has 0 spiro atoms. The van der Waals surface area contributed by atoms with Crippen LogP contribution in [0.15, 0.2) is 33.9 Å². The zero-order chi connectivity index (χ0) is 15.8. The molecule has 112 valence electrons. The van der Waals surface area contributed by atoms with Gasteiger partial charge in [-0.05, 0) is 37.1 Å². The summed E-state index contributed by atoms with van der Waals surface area (Å²) in [5.41, 5.74) is 2.35. The average molecular weight is 325 g/mol. The number of sulfonamides is 1. The molecule has 0 fully saturated rings. The number of benzene rings is 1. The molecule has 0 saturated heterocycles. The van der Waals surface area contributed by atoms with Crippen LogP contribution in [0.25, 0.3) is 0 Å². The highest BCUT2D eigenvalue weighted by molar-refractivity contribution is 7.94. The first kappa shape index (κ1) is 15.5. The van der Waals surface area contributed by atoms with Crippen LogP contribution in [0.5, 0.6) is 0 Å². The number of hydrogen-bond donors (Lipinski definition) is 1. The molecule has 2 aromatic rings. The molecule has 2 rings (SSSR count). The number of aromatic carboxylic acids is 1. The van der Waals surface area contributed by atoms with Gasteiger partial charge in [0.2, 0.25) is 0 Å². The monoisotopic (exact) mass is 325 g/mol. The number of carboxylic acids is 1. The summed E-state index contributed by atoms with van der Waals surface area (Å²) >= 11 is 0.907. The predicted octanol–water partition coefficient (Wildman–Crippen LogP) is 2.89. The van der Waals surface area contributed by atoms with Crippen LogP contribution in [0.4, 0.5) is 5.69 Å². The molecule has 5 nitrogen and oxygen atoms in total. The molecule has 0 atom stereocenters. The third-order valence-electron chi connectivity index (χ3n) is 3.14. The molecule has 0 saturated carbocycles. The SMILES string of the molecule is Cc1ccc(C)c(N(C)S(=O)(=O)c2cc(C(=O)O)cs2)c1. The Morgan fingerprint density at radius 2 is 1.90 bits per heavy atom. The molecule has 1 heterocycles. The first-order chi connectivity index (χ1) is 9.73. The van der Waals surface area contributed by atoms with E-state index in [9.17, 15) is 13.2 Å². The fourth-order valence-corrected chi connectivity index (χ4v) is 4.46. The Balaban J connectivity index is 2.47. The van der Waals surface area contributed by atoms with Gasteiger partial charge < -0.3 is 5.11 Å². The van der Waals surface area contributed by atoms with Crippen molar-refractivity contribution in [1.29, 1.82) is 0 Å². The second-order valence-corrected chi connectivity index (χ2v) is 7.83. The van der Waals surface area contributed by atoms with Crippen molar-refractivity contribution in [2.45, 2.75) is 18.1 Å². The van der Waals surface area contributed by atoms with Crippen molar-refractivity contribution in [2.75, 3.05) is 11.4 Å². The maximum atomic E-state index is 12.6. The van der Waals surface area contributed by atoms with Crippen LogP contribution in [0.3, 0.4) is 0 Å². The Morgan fingerprint density at radius 3 is 2.48 bits per heavy atom. The van der Waals surface area contributed by atoms with Crippen LogP contribution in [0, 0.1) is 13.8 Å². The fraction of sp³-hybridized carbons (Fsp3) is 0.214. The standard InChI is InChI=1S/C14H15NO4S2/c1-9-4-5-10(2)12(6-9)15(3)21(18,19)13-7-11(8-20-13)14(16)17/h4-8H,1-3H3,(H,16,17). The van der Waals surface area contributed by atoms with Crippen molar-refractivity contribution in [1.82, 2.24) is 0 Å². The van der Waals surface area contributed by atoms with Crippen molar-refractivity contribution in [3.05, 3.63) is 46.3 Å². The van der Waals surface area contributed by atoms with Crippen LogP contribution in [-0.4, -0.2) is 26.5 Å². The molecule has 0 bridgehead atoms. The Bertz CT molecular complexity index is 793. The Hall–Kier alpha value is -1.86. The molecule has 0 aliphatic carbocycles. The fourth-order valence-electron chi connectivity index (χ4n) is 1.89. The molecule has 7 heteroatoms. The summed E-state index contributed by atoms with van der Waals surface area (Å²) in [4.78, 5) is 10.9. The topological polar surface area (TPSA) is 74.7 Å². The third-order valence-corrected chi connectivity index (χ3v) is 6.33. The highest BCUT2D eigenvalue weighted by Gasteiger charge is 2.25. The zero-order valence-corrected chi connectivity index (χ0v) is 13.5. The van der Waals surface area contributed by atoms with Gasteiger partial charge in [0.15, 0.2) is 0 Å². The second kappa shape index (κ2) is 5.50. The number of nitrogens with zero attached hydrogens (tertiary/aromatic N) is 1. The van der Waals surface area contributed by atoms with Gasteiger partial charge in [-0.15, -0.1) is 11.3 Å². The number of aryl methyl sites for hydroxylation is 2. The van der Waals surface area contributed by atoms with E-state index in [2.05, 4.69) is 0 Å². The Morgan fingerprint density at radius 1 is 1.24 bits per heavy atom. The largest absolute Gasteiger partial charge is 0.478 e. The number of carboxylic acid groups (broad SMARTS) is 1. The molecule has 21 heavy (non-hydrogen) atoms. The lowest BCUT2D eigenvalue weighted by molar-refractivity contribution is 0.0697. The number of rotatable bonds is 4. The van der Waals surface area contributed by atoms with E-state index < -0.39 is 16.0 Å². The quantitative estimate of drug-likeness (QED) is 0.938. The van der Waals surface area contributed by atoms with Gasteiger partial charge in [-0.2, -0.15) is 0 Å². The molecule has 1 aromatic heterocycles. The van der Waals surface area contributed by atoms with E-state index in [1.165, 1.54) is 22.8 Å². The second-order valence-electron chi connectivity index (χ2n) is 4.72. The smallest absolute Gasteiger partial charge is 0.336 e. The third kappa shape index (κ3) is 2.93. The minimum absolute atomic E-state index is 0.0170. The summed E-state index contributed by atoms with van der Waals surface area (Å²) in [5, 5.41) is 10.2. The van der Waals surface area contributed by atoms with Gasteiger partial charge in [-0.25, -0.2) is 13.2 Å². The molecule has 0 aliphatic heterocycles. The molecule has 0 unspecified atom stereocenters. The maximum absolute atomic E-state index is 12.6. The molecule has 0 amide bonds. The predicted molar refractivity (Wildman–Crippen MR) is 82.8 cm³/mol. The van der Waals surface area contributed by atoms with Crippen LogP contribution in [0.2, 0.25) is 0 Å². The van der Waals surface area contributed by atoms with Gasteiger partial charge >= 0.3 is 5.97 Å². The summed E-state index contributed by atoms with van der Waals surface area (Å²) in [6, 6.07) is 6.74. The summed E-state index contributed by atoms with van der Waals surface area (Å²) < 4.78 is 26.4. The van der Waals surface area contributed by atoms with E-state index in [4.69, 9.17) is 5.11 Å². The molecule has 1 N–H and O–H groups in total. The van der Waals surface area contributed by atoms with Gasteiger partial charge in [0.25, 0.3) is 10.0 Å². The van der Waals surface area contributed by atoms with E-state index in [1.54, 1.807) is 6.07 Å². The number of hydrogen-bond acceptors (Lipinski definition) is 4. The van der Waals surface area contributed by atoms with Gasteiger partial charge in [-0.3, -0.25) is 4.31 Å². The number of thiophene rings is 1. The Labute approximate surface area is 127 Å². The zero-order valence-electron chi connectivity index (χ0n) is 11.8. The lowest BCUT2D eigenvalue weighted by atomic mass is 10.1. The van der Waals surface area contributed by atoms with Crippen LogP contribution >= 0.6 is 11.3 Å². The normalized spacial score (nSPS) is 11.4. The van der Waals surface area contributed by atoms with Crippen molar-refractivity contribution >= 4 is 33.0 Å². The summed E-state index contributed by atoms with van der Waals surface area (Å²) in [6.07, 6.45) is 0. The molecular formula is C14H15NO4S2. The first-order valence-electron chi connectivity index (χ1n) is 6.11. The molecule has 0 radical (unpaired) electrons. The van der Waals surface area contributed by atoms with Crippen LogP contribution in [0.1, 0.15) is 21.5 Å². The molecular weight excluding hydrogens is 310 g/mol. The minimum atomic E-state index is -3.76. The Kier molecular flexibility index (Phi) is 4.06. The van der Waals surface area contributed by atoms with E-state index >= 15 is 0 Å². The molecule has 1 aromatic carbocycles. The van der Waals surface area contributed by atoms with Gasteiger partial charge in [-0.1, -0.05) is 12.1 Å². The summed E-state index contributed by atoms with van der Waals surface area (Å²) in [7, 11) is -2.29. The highest BCUT2D eigenvalue weighted by atomic mass is 32.2. The van der Waals surface area contributed by atoms with Crippen molar-refractivity contribution in [2.24, 2.45) is 0 Å². The maximum Gasteiger partial charge on any atom is 0.336 e. The van der Waals surface area contributed by atoms with Crippen molar-refractivity contribution in [3.8, 4) is 0 Å². The van der Waals surface area contributed by atoms with Crippen LogP contribution < -0.4 is 4.31 Å². The van der Waals surface area contributed by atoms with E-state index in [0.717, 1.165) is 22.5 Å². The summed E-state index contributed by atoms with van der Waals surface area (Å²) in [6.45, 7) is 3.72. The van der Waals surface area contributed by atoms with E-state index in [0.29, 0.717) is 5.69 Å². The first-order valence-corrected chi connectivity index (χ1v) is 8.43.